The molecule has 6 heteroatoms. The molecular formula is C14H15F2NO2S. The third-order valence-corrected chi connectivity index (χ3v) is 4.15. The Hall–Kier alpha value is -1.40. The van der Waals surface area contributed by atoms with Crippen LogP contribution < -0.4 is 0 Å². The summed E-state index contributed by atoms with van der Waals surface area (Å²) in [6, 6.07) is 2.06. The standard InChI is InChI=1S/C14H15F2NO2S/c1-8-11(7-17-20(18)14(2,3)4)19-13-10(16)6-5-9(15)12(8)13/h5-7H,1-4H3. The molecule has 1 heterocycles. The maximum absolute atomic E-state index is 13.7. The molecule has 0 saturated carbocycles. The lowest BCUT2D eigenvalue weighted by atomic mass is 10.1. The van der Waals surface area contributed by atoms with Crippen molar-refractivity contribution in [1.29, 1.82) is 0 Å². The van der Waals surface area contributed by atoms with Gasteiger partial charge in [-0.3, -0.25) is 0 Å². The molecule has 20 heavy (non-hydrogen) atoms. The third kappa shape index (κ3) is 2.71. The van der Waals surface area contributed by atoms with E-state index in [2.05, 4.69) is 4.40 Å². The van der Waals surface area contributed by atoms with Gasteiger partial charge in [-0.2, -0.15) is 0 Å². The number of hydrogen-bond acceptors (Lipinski definition) is 3. The summed E-state index contributed by atoms with van der Waals surface area (Å²) in [6.45, 7) is 6.96. The number of nitrogens with zero attached hydrogens (tertiary/aromatic N) is 1. The number of aryl methyl sites for hydroxylation is 1. The van der Waals surface area contributed by atoms with E-state index in [1.807, 2.05) is 0 Å². The van der Waals surface area contributed by atoms with E-state index in [-0.39, 0.29) is 16.7 Å². The van der Waals surface area contributed by atoms with Crippen molar-refractivity contribution < 1.29 is 17.8 Å². The van der Waals surface area contributed by atoms with Gasteiger partial charge in [-0.25, -0.2) is 8.78 Å². The number of halogens is 2. The predicted octanol–water partition coefficient (Wildman–Crippen LogP) is 3.90. The molecule has 2 rings (SSSR count). The van der Waals surface area contributed by atoms with Crippen LogP contribution in [0.25, 0.3) is 11.0 Å². The fourth-order valence-electron chi connectivity index (χ4n) is 1.67. The molecular weight excluding hydrogens is 284 g/mol. The van der Waals surface area contributed by atoms with Crippen LogP contribution in [0.15, 0.2) is 20.9 Å². The highest BCUT2D eigenvalue weighted by atomic mass is 32.2. The van der Waals surface area contributed by atoms with Crippen molar-refractivity contribution in [3.05, 3.63) is 35.1 Å². The first-order chi connectivity index (χ1) is 9.21. The SMILES string of the molecule is Cc1c(C=N[S+]([O-])C(C)(C)C)oc2c(F)ccc(F)c12. The van der Waals surface area contributed by atoms with Gasteiger partial charge in [0, 0.05) is 5.56 Å². The van der Waals surface area contributed by atoms with Crippen molar-refractivity contribution in [2.24, 2.45) is 4.40 Å². The van der Waals surface area contributed by atoms with Crippen molar-refractivity contribution >= 4 is 28.5 Å². The highest BCUT2D eigenvalue weighted by Gasteiger charge is 2.26. The molecule has 0 amide bonds. The van der Waals surface area contributed by atoms with Gasteiger partial charge >= 0.3 is 0 Å². The molecule has 108 valence electrons. The Balaban J connectivity index is 2.47. The zero-order valence-electron chi connectivity index (χ0n) is 11.7. The predicted molar refractivity (Wildman–Crippen MR) is 76.4 cm³/mol. The Morgan fingerprint density at radius 3 is 2.40 bits per heavy atom. The fourth-order valence-corrected chi connectivity index (χ4v) is 2.18. The molecule has 0 N–H and O–H groups in total. The summed E-state index contributed by atoms with van der Waals surface area (Å²) in [6.07, 6.45) is 1.26. The summed E-state index contributed by atoms with van der Waals surface area (Å²) in [7, 11) is 0. The Labute approximate surface area is 119 Å². The minimum atomic E-state index is -1.46. The summed E-state index contributed by atoms with van der Waals surface area (Å²) in [5.74, 6) is -0.984. The number of fused-ring (bicyclic) bond motifs is 1. The Bertz CT molecular complexity index is 674. The van der Waals surface area contributed by atoms with Crippen LogP contribution in [0.4, 0.5) is 8.78 Å². The lowest BCUT2D eigenvalue weighted by molar-refractivity contribution is 0.549. The van der Waals surface area contributed by atoms with E-state index < -0.39 is 27.7 Å². The Morgan fingerprint density at radius 2 is 1.85 bits per heavy atom. The summed E-state index contributed by atoms with van der Waals surface area (Å²) < 4.78 is 47.8. The molecule has 0 bridgehead atoms. The number of hydrogen-bond donors (Lipinski definition) is 0. The summed E-state index contributed by atoms with van der Waals surface area (Å²) >= 11 is -1.46. The van der Waals surface area contributed by atoms with Crippen molar-refractivity contribution in [1.82, 2.24) is 0 Å². The van der Waals surface area contributed by atoms with E-state index in [0.29, 0.717) is 5.56 Å². The van der Waals surface area contributed by atoms with E-state index in [1.165, 1.54) is 6.21 Å². The molecule has 1 aromatic heterocycles. The first kappa shape index (κ1) is 15.0. The lowest BCUT2D eigenvalue weighted by Gasteiger charge is -2.17. The van der Waals surface area contributed by atoms with E-state index in [4.69, 9.17) is 4.42 Å². The molecule has 0 aliphatic heterocycles. The number of benzene rings is 1. The second-order valence-electron chi connectivity index (χ2n) is 5.42. The van der Waals surface area contributed by atoms with E-state index in [1.54, 1.807) is 27.7 Å². The maximum atomic E-state index is 13.7. The summed E-state index contributed by atoms with van der Waals surface area (Å²) in [5, 5.41) is 0.0907. The van der Waals surface area contributed by atoms with Crippen molar-refractivity contribution in [3.63, 3.8) is 0 Å². The Morgan fingerprint density at radius 1 is 1.25 bits per heavy atom. The van der Waals surface area contributed by atoms with Crippen LogP contribution in [0.1, 0.15) is 32.1 Å². The largest absolute Gasteiger partial charge is 0.591 e. The van der Waals surface area contributed by atoms with Crippen LogP contribution in [-0.2, 0) is 11.4 Å². The van der Waals surface area contributed by atoms with Gasteiger partial charge in [0.2, 0.25) is 0 Å². The van der Waals surface area contributed by atoms with E-state index in [0.717, 1.165) is 12.1 Å². The van der Waals surface area contributed by atoms with Gasteiger partial charge in [0.25, 0.3) is 0 Å². The summed E-state index contributed by atoms with van der Waals surface area (Å²) in [4.78, 5) is 0. The second kappa shape index (κ2) is 5.18. The number of furan rings is 1. The molecule has 2 aromatic rings. The molecule has 1 aromatic carbocycles. The smallest absolute Gasteiger partial charge is 0.173 e. The van der Waals surface area contributed by atoms with Crippen molar-refractivity contribution in [2.45, 2.75) is 32.4 Å². The quantitative estimate of drug-likeness (QED) is 0.623. The average Bonchev–Trinajstić information content (AvgIpc) is 2.68. The van der Waals surface area contributed by atoms with Crippen LogP contribution in [0.2, 0.25) is 0 Å². The van der Waals surface area contributed by atoms with Crippen LogP contribution >= 0.6 is 0 Å². The molecule has 0 spiro atoms. The molecule has 0 fully saturated rings. The topological polar surface area (TPSA) is 48.6 Å². The van der Waals surface area contributed by atoms with Crippen LogP contribution in [-0.4, -0.2) is 15.5 Å². The van der Waals surface area contributed by atoms with Crippen molar-refractivity contribution in [3.8, 4) is 0 Å². The van der Waals surface area contributed by atoms with Gasteiger partial charge in [0.1, 0.15) is 28.1 Å². The molecule has 0 radical (unpaired) electrons. The van der Waals surface area contributed by atoms with Gasteiger partial charge in [-0.15, -0.1) is 0 Å². The lowest BCUT2D eigenvalue weighted by Crippen LogP contribution is -2.25. The number of rotatable bonds is 2. The summed E-state index contributed by atoms with van der Waals surface area (Å²) in [5.41, 5.74) is 0.289. The minimum absolute atomic E-state index is 0.0907. The maximum Gasteiger partial charge on any atom is 0.173 e. The second-order valence-corrected chi connectivity index (χ2v) is 7.35. The molecule has 1 atom stereocenters. The van der Waals surface area contributed by atoms with E-state index in [9.17, 15) is 13.3 Å². The van der Waals surface area contributed by atoms with Gasteiger partial charge in [0.05, 0.1) is 5.39 Å². The molecule has 0 saturated heterocycles. The monoisotopic (exact) mass is 299 g/mol. The Kier molecular flexibility index (Phi) is 3.88. The molecule has 0 aliphatic rings. The van der Waals surface area contributed by atoms with Crippen LogP contribution in [0, 0.1) is 18.6 Å². The van der Waals surface area contributed by atoms with Crippen LogP contribution in [0.3, 0.4) is 0 Å². The van der Waals surface area contributed by atoms with Crippen LogP contribution in [0.5, 0.6) is 0 Å². The van der Waals surface area contributed by atoms with Gasteiger partial charge in [0.15, 0.2) is 17.2 Å². The molecule has 0 aliphatic carbocycles. The first-order valence-electron chi connectivity index (χ1n) is 6.05. The zero-order valence-corrected chi connectivity index (χ0v) is 12.5. The third-order valence-electron chi connectivity index (χ3n) is 2.80. The normalized spacial score (nSPS) is 14.3. The minimum Gasteiger partial charge on any atom is -0.591 e. The highest BCUT2D eigenvalue weighted by Crippen LogP contribution is 2.29. The van der Waals surface area contributed by atoms with Gasteiger partial charge in [-0.05, 0) is 39.8 Å². The van der Waals surface area contributed by atoms with E-state index >= 15 is 0 Å². The van der Waals surface area contributed by atoms with Gasteiger partial charge in [-0.1, -0.05) is 4.40 Å². The van der Waals surface area contributed by atoms with Crippen molar-refractivity contribution in [2.75, 3.05) is 0 Å². The first-order valence-corrected chi connectivity index (χ1v) is 7.15. The fraction of sp³-hybridized carbons (Fsp3) is 0.357. The zero-order chi connectivity index (χ0) is 15.1. The van der Waals surface area contributed by atoms with Gasteiger partial charge < -0.3 is 8.97 Å². The average molecular weight is 299 g/mol. The molecule has 1 unspecified atom stereocenters. The highest BCUT2D eigenvalue weighted by molar-refractivity contribution is 7.91. The molecule has 3 nitrogen and oxygen atoms in total.